The summed E-state index contributed by atoms with van der Waals surface area (Å²) >= 11 is 0. The zero-order chi connectivity index (χ0) is 7.40. The molecule has 0 saturated heterocycles. The Balaban J connectivity index is 2.30. The van der Waals surface area contributed by atoms with Crippen LogP contribution in [0.4, 0.5) is 0 Å². The highest BCUT2D eigenvalue weighted by Gasteiger charge is 2.11. The van der Waals surface area contributed by atoms with Crippen molar-refractivity contribution in [1.29, 1.82) is 0 Å². The summed E-state index contributed by atoms with van der Waals surface area (Å²) in [7, 11) is 1.96. The van der Waals surface area contributed by atoms with Crippen molar-refractivity contribution in [3.8, 4) is 0 Å². The fraction of sp³-hybridized carbons (Fsp3) is 0.750. The summed E-state index contributed by atoms with van der Waals surface area (Å²) < 4.78 is 0. The molecule has 2 unspecified atom stereocenters. The summed E-state index contributed by atoms with van der Waals surface area (Å²) in [6.07, 6.45) is 5.84. The maximum Gasteiger partial charge on any atom is 0.0721 e. The van der Waals surface area contributed by atoms with Gasteiger partial charge in [-0.05, 0) is 25.8 Å². The van der Waals surface area contributed by atoms with E-state index < -0.39 is 0 Å². The van der Waals surface area contributed by atoms with Gasteiger partial charge in [-0.2, -0.15) is 0 Å². The minimum Gasteiger partial charge on any atom is -0.389 e. The molecule has 2 nitrogen and oxygen atoms in total. The normalized spacial score (nSPS) is 32.6. The molecule has 1 rings (SSSR count). The molecule has 58 valence electrons. The van der Waals surface area contributed by atoms with Gasteiger partial charge in [0.25, 0.3) is 0 Å². The SMILES string of the molecule is CNCC1C=CC(O)CC1. The van der Waals surface area contributed by atoms with Gasteiger partial charge >= 0.3 is 0 Å². The van der Waals surface area contributed by atoms with Gasteiger partial charge in [-0.15, -0.1) is 0 Å². The van der Waals surface area contributed by atoms with Crippen molar-refractivity contribution in [2.24, 2.45) is 5.92 Å². The quantitative estimate of drug-likeness (QED) is 0.550. The standard InChI is InChI=1S/C8H15NO/c1-9-6-7-2-4-8(10)5-3-7/h2,4,7-10H,3,5-6H2,1H3. The molecule has 0 aromatic rings. The third kappa shape index (κ3) is 2.12. The van der Waals surface area contributed by atoms with Crippen molar-refractivity contribution >= 4 is 0 Å². The van der Waals surface area contributed by atoms with Gasteiger partial charge in [-0.25, -0.2) is 0 Å². The lowest BCUT2D eigenvalue weighted by Crippen LogP contribution is -2.21. The number of aliphatic hydroxyl groups is 1. The third-order valence-corrected chi connectivity index (χ3v) is 1.90. The second-order valence-electron chi connectivity index (χ2n) is 2.85. The molecular formula is C8H15NO. The lowest BCUT2D eigenvalue weighted by atomic mass is 9.94. The van der Waals surface area contributed by atoms with E-state index in [9.17, 15) is 0 Å². The minimum atomic E-state index is -0.187. The van der Waals surface area contributed by atoms with E-state index >= 15 is 0 Å². The largest absolute Gasteiger partial charge is 0.389 e. The first-order chi connectivity index (χ1) is 4.83. The maximum atomic E-state index is 9.09. The van der Waals surface area contributed by atoms with Crippen LogP contribution in [-0.2, 0) is 0 Å². The van der Waals surface area contributed by atoms with Crippen molar-refractivity contribution in [3.63, 3.8) is 0 Å². The molecule has 2 N–H and O–H groups in total. The topological polar surface area (TPSA) is 32.3 Å². The Hall–Kier alpha value is -0.340. The first-order valence-corrected chi connectivity index (χ1v) is 3.84. The van der Waals surface area contributed by atoms with E-state index in [0.717, 1.165) is 19.4 Å². The van der Waals surface area contributed by atoms with Crippen molar-refractivity contribution < 1.29 is 5.11 Å². The van der Waals surface area contributed by atoms with E-state index in [0.29, 0.717) is 5.92 Å². The van der Waals surface area contributed by atoms with Crippen LogP contribution in [0.25, 0.3) is 0 Å². The highest BCUT2D eigenvalue weighted by atomic mass is 16.3. The van der Waals surface area contributed by atoms with Crippen LogP contribution < -0.4 is 5.32 Å². The fourth-order valence-electron chi connectivity index (χ4n) is 1.29. The highest BCUT2D eigenvalue weighted by Crippen LogP contribution is 2.16. The molecule has 1 aliphatic carbocycles. The number of aliphatic hydroxyl groups excluding tert-OH is 1. The highest BCUT2D eigenvalue weighted by molar-refractivity contribution is 4.98. The molecule has 0 heterocycles. The molecule has 0 fully saturated rings. The average molecular weight is 141 g/mol. The van der Waals surface area contributed by atoms with Crippen LogP contribution in [0.2, 0.25) is 0 Å². The van der Waals surface area contributed by atoms with Gasteiger partial charge in [-0.3, -0.25) is 0 Å². The molecule has 0 aliphatic heterocycles. The van der Waals surface area contributed by atoms with E-state index in [4.69, 9.17) is 5.11 Å². The summed E-state index contributed by atoms with van der Waals surface area (Å²) in [6, 6.07) is 0. The molecule has 0 spiro atoms. The van der Waals surface area contributed by atoms with Gasteiger partial charge in [0.1, 0.15) is 0 Å². The predicted molar refractivity (Wildman–Crippen MR) is 41.8 cm³/mol. The second-order valence-corrected chi connectivity index (χ2v) is 2.85. The van der Waals surface area contributed by atoms with Crippen LogP contribution in [0.5, 0.6) is 0 Å². The lowest BCUT2D eigenvalue weighted by Gasteiger charge is -2.18. The monoisotopic (exact) mass is 141 g/mol. The molecule has 0 amide bonds. The second kappa shape index (κ2) is 3.74. The maximum absolute atomic E-state index is 9.09. The van der Waals surface area contributed by atoms with Crippen LogP contribution in [0, 0.1) is 5.92 Å². The summed E-state index contributed by atoms with van der Waals surface area (Å²) in [6.45, 7) is 1.03. The van der Waals surface area contributed by atoms with E-state index in [-0.39, 0.29) is 6.10 Å². The Bertz CT molecular complexity index is 122. The molecular weight excluding hydrogens is 126 g/mol. The molecule has 2 atom stereocenters. The Morgan fingerprint density at radius 1 is 1.50 bits per heavy atom. The van der Waals surface area contributed by atoms with Crippen molar-refractivity contribution in [3.05, 3.63) is 12.2 Å². The molecule has 0 radical (unpaired) electrons. The Morgan fingerprint density at radius 2 is 2.30 bits per heavy atom. The summed E-state index contributed by atoms with van der Waals surface area (Å²) in [4.78, 5) is 0. The third-order valence-electron chi connectivity index (χ3n) is 1.90. The average Bonchev–Trinajstić information content (AvgIpc) is 1.95. The zero-order valence-corrected chi connectivity index (χ0v) is 6.38. The van der Waals surface area contributed by atoms with Gasteiger partial charge in [0.2, 0.25) is 0 Å². The van der Waals surface area contributed by atoms with Gasteiger partial charge in [0.05, 0.1) is 6.10 Å². The minimum absolute atomic E-state index is 0.187. The lowest BCUT2D eigenvalue weighted by molar-refractivity contribution is 0.194. The number of hydrogen-bond donors (Lipinski definition) is 2. The van der Waals surface area contributed by atoms with Gasteiger partial charge in [-0.1, -0.05) is 12.2 Å². The van der Waals surface area contributed by atoms with E-state index in [1.54, 1.807) is 0 Å². The van der Waals surface area contributed by atoms with Gasteiger partial charge < -0.3 is 10.4 Å². The molecule has 10 heavy (non-hydrogen) atoms. The molecule has 1 aliphatic rings. The van der Waals surface area contributed by atoms with Crippen LogP contribution in [0.1, 0.15) is 12.8 Å². The predicted octanol–water partition coefficient (Wildman–Crippen LogP) is 0.533. The molecule has 0 saturated carbocycles. The zero-order valence-electron chi connectivity index (χ0n) is 6.38. The van der Waals surface area contributed by atoms with Crippen molar-refractivity contribution in [1.82, 2.24) is 5.32 Å². The van der Waals surface area contributed by atoms with E-state index in [1.165, 1.54) is 0 Å². The first-order valence-electron chi connectivity index (χ1n) is 3.84. The van der Waals surface area contributed by atoms with E-state index in [2.05, 4.69) is 11.4 Å². The smallest absolute Gasteiger partial charge is 0.0721 e. The van der Waals surface area contributed by atoms with Gasteiger partial charge in [0, 0.05) is 6.54 Å². The number of hydrogen-bond acceptors (Lipinski definition) is 2. The Kier molecular flexibility index (Phi) is 2.90. The Morgan fingerprint density at radius 3 is 2.80 bits per heavy atom. The fourth-order valence-corrected chi connectivity index (χ4v) is 1.29. The molecule has 2 heteroatoms. The first kappa shape index (κ1) is 7.76. The molecule has 0 bridgehead atoms. The van der Waals surface area contributed by atoms with Gasteiger partial charge in [0.15, 0.2) is 0 Å². The van der Waals surface area contributed by atoms with Crippen LogP contribution in [0.3, 0.4) is 0 Å². The van der Waals surface area contributed by atoms with Crippen LogP contribution in [-0.4, -0.2) is 24.8 Å². The van der Waals surface area contributed by atoms with E-state index in [1.807, 2.05) is 13.1 Å². The van der Waals surface area contributed by atoms with Crippen LogP contribution in [0.15, 0.2) is 12.2 Å². The van der Waals surface area contributed by atoms with Crippen molar-refractivity contribution in [2.75, 3.05) is 13.6 Å². The summed E-state index contributed by atoms with van der Waals surface area (Å²) in [5.74, 6) is 0.633. The van der Waals surface area contributed by atoms with Crippen molar-refractivity contribution in [2.45, 2.75) is 18.9 Å². The Labute approximate surface area is 61.9 Å². The number of nitrogens with one attached hydrogen (secondary N) is 1. The summed E-state index contributed by atoms with van der Waals surface area (Å²) in [5, 5.41) is 12.2. The summed E-state index contributed by atoms with van der Waals surface area (Å²) in [5.41, 5.74) is 0. The molecule has 0 aromatic heterocycles. The molecule has 0 aromatic carbocycles. The number of rotatable bonds is 2. The van der Waals surface area contributed by atoms with Crippen LogP contribution >= 0.6 is 0 Å².